The van der Waals surface area contributed by atoms with Crippen molar-refractivity contribution in [1.82, 2.24) is 9.88 Å². The Bertz CT molecular complexity index is 454. The SMILES string of the molecule is CCC1COCCN1C(=O)c1nc(Cl)ccc1Cl. The molecule has 4 nitrogen and oxygen atoms in total. The van der Waals surface area contributed by atoms with Crippen LogP contribution < -0.4 is 0 Å². The molecule has 6 heteroatoms. The first-order chi connectivity index (χ1) is 8.63. The lowest BCUT2D eigenvalue weighted by atomic mass is 10.1. The van der Waals surface area contributed by atoms with Crippen LogP contribution in [0.15, 0.2) is 12.1 Å². The zero-order valence-electron chi connectivity index (χ0n) is 10.0. The lowest BCUT2D eigenvalue weighted by Gasteiger charge is -2.35. The summed E-state index contributed by atoms with van der Waals surface area (Å²) in [6.45, 7) is 3.68. The number of hydrogen-bond acceptors (Lipinski definition) is 3. The molecule has 1 fully saturated rings. The van der Waals surface area contributed by atoms with Gasteiger partial charge in [0.05, 0.1) is 24.3 Å². The number of halogens is 2. The summed E-state index contributed by atoms with van der Waals surface area (Å²) < 4.78 is 5.37. The van der Waals surface area contributed by atoms with Gasteiger partial charge >= 0.3 is 0 Å². The maximum atomic E-state index is 12.4. The minimum absolute atomic E-state index is 0.0723. The maximum absolute atomic E-state index is 12.4. The summed E-state index contributed by atoms with van der Waals surface area (Å²) in [5, 5.41) is 0.592. The molecule has 1 aromatic heterocycles. The number of aromatic nitrogens is 1. The van der Waals surface area contributed by atoms with Gasteiger partial charge in [-0.2, -0.15) is 0 Å². The Balaban J connectivity index is 2.26. The first kappa shape index (κ1) is 13.6. The molecular weight excluding hydrogens is 275 g/mol. The molecule has 0 bridgehead atoms. The van der Waals surface area contributed by atoms with Gasteiger partial charge in [0.15, 0.2) is 0 Å². The fraction of sp³-hybridized carbons (Fsp3) is 0.500. The van der Waals surface area contributed by atoms with Crippen LogP contribution in [0.5, 0.6) is 0 Å². The van der Waals surface area contributed by atoms with Gasteiger partial charge in [-0.25, -0.2) is 4.98 Å². The van der Waals surface area contributed by atoms with Crippen molar-refractivity contribution in [3.05, 3.63) is 28.0 Å². The molecule has 1 atom stereocenters. The topological polar surface area (TPSA) is 42.4 Å². The van der Waals surface area contributed by atoms with Crippen molar-refractivity contribution in [2.75, 3.05) is 19.8 Å². The van der Waals surface area contributed by atoms with Gasteiger partial charge in [-0.05, 0) is 18.6 Å². The number of nitrogens with zero attached hydrogens (tertiary/aromatic N) is 2. The number of ether oxygens (including phenoxy) is 1. The molecule has 1 aromatic rings. The molecule has 1 amide bonds. The van der Waals surface area contributed by atoms with Crippen molar-refractivity contribution in [3.8, 4) is 0 Å². The van der Waals surface area contributed by atoms with Gasteiger partial charge in [-0.1, -0.05) is 30.1 Å². The third-order valence-electron chi connectivity index (χ3n) is 2.97. The smallest absolute Gasteiger partial charge is 0.274 e. The van der Waals surface area contributed by atoms with E-state index >= 15 is 0 Å². The van der Waals surface area contributed by atoms with E-state index in [1.807, 2.05) is 6.92 Å². The molecule has 0 spiro atoms. The molecule has 1 aliphatic heterocycles. The van der Waals surface area contributed by atoms with Crippen LogP contribution in [0.4, 0.5) is 0 Å². The molecule has 0 saturated carbocycles. The summed E-state index contributed by atoms with van der Waals surface area (Å²) in [6, 6.07) is 3.23. The summed E-state index contributed by atoms with van der Waals surface area (Å²) in [4.78, 5) is 18.2. The average molecular weight is 289 g/mol. The van der Waals surface area contributed by atoms with Crippen LogP contribution in [-0.4, -0.2) is 41.6 Å². The number of carbonyl (C=O) groups excluding carboxylic acids is 1. The molecule has 18 heavy (non-hydrogen) atoms. The quantitative estimate of drug-likeness (QED) is 0.786. The van der Waals surface area contributed by atoms with Crippen LogP contribution in [0.2, 0.25) is 10.2 Å². The molecule has 0 radical (unpaired) electrons. The van der Waals surface area contributed by atoms with E-state index in [0.717, 1.165) is 6.42 Å². The van der Waals surface area contributed by atoms with Crippen LogP contribution in [0.25, 0.3) is 0 Å². The van der Waals surface area contributed by atoms with Crippen LogP contribution in [0.1, 0.15) is 23.8 Å². The van der Waals surface area contributed by atoms with Crippen molar-refractivity contribution < 1.29 is 9.53 Å². The summed E-state index contributed by atoms with van der Waals surface area (Å²) >= 11 is 11.8. The molecule has 1 unspecified atom stereocenters. The van der Waals surface area contributed by atoms with Crippen molar-refractivity contribution in [1.29, 1.82) is 0 Å². The van der Waals surface area contributed by atoms with E-state index in [1.54, 1.807) is 17.0 Å². The third kappa shape index (κ3) is 2.76. The second-order valence-corrected chi connectivity index (χ2v) is 4.89. The Hall–Kier alpha value is -0.840. The molecule has 98 valence electrons. The number of pyridine rings is 1. The van der Waals surface area contributed by atoms with E-state index < -0.39 is 0 Å². The summed E-state index contributed by atoms with van der Waals surface area (Å²) in [5.74, 6) is -0.183. The van der Waals surface area contributed by atoms with Crippen LogP contribution in [0, 0.1) is 0 Å². The van der Waals surface area contributed by atoms with E-state index in [4.69, 9.17) is 27.9 Å². The zero-order chi connectivity index (χ0) is 13.1. The van der Waals surface area contributed by atoms with Crippen molar-refractivity contribution >= 4 is 29.1 Å². The normalized spacial score (nSPS) is 19.9. The van der Waals surface area contributed by atoms with Crippen molar-refractivity contribution in [2.45, 2.75) is 19.4 Å². The molecule has 2 rings (SSSR count). The minimum Gasteiger partial charge on any atom is -0.377 e. The molecule has 2 heterocycles. The second kappa shape index (κ2) is 5.87. The number of morpholine rings is 1. The highest BCUT2D eigenvalue weighted by molar-refractivity contribution is 6.34. The maximum Gasteiger partial charge on any atom is 0.274 e. The third-order valence-corrected chi connectivity index (χ3v) is 3.49. The fourth-order valence-corrected chi connectivity index (χ4v) is 2.30. The van der Waals surface area contributed by atoms with E-state index in [2.05, 4.69) is 4.98 Å². The first-order valence-electron chi connectivity index (χ1n) is 5.84. The van der Waals surface area contributed by atoms with Gasteiger partial charge in [0.2, 0.25) is 0 Å². The summed E-state index contributed by atoms with van der Waals surface area (Å²) in [5.41, 5.74) is 0.213. The van der Waals surface area contributed by atoms with Gasteiger partial charge in [0.1, 0.15) is 10.8 Å². The molecule has 1 saturated heterocycles. The predicted octanol–water partition coefficient (Wildman–Crippen LogP) is 2.64. The van der Waals surface area contributed by atoms with Crippen LogP contribution in [-0.2, 0) is 4.74 Å². The van der Waals surface area contributed by atoms with E-state index in [-0.39, 0.29) is 22.8 Å². The van der Waals surface area contributed by atoms with Gasteiger partial charge in [0, 0.05) is 6.54 Å². The van der Waals surface area contributed by atoms with Gasteiger partial charge < -0.3 is 9.64 Å². The van der Waals surface area contributed by atoms with E-state index in [9.17, 15) is 4.79 Å². The lowest BCUT2D eigenvalue weighted by Crippen LogP contribution is -2.48. The first-order valence-corrected chi connectivity index (χ1v) is 6.59. The average Bonchev–Trinajstić information content (AvgIpc) is 2.40. The van der Waals surface area contributed by atoms with Gasteiger partial charge in [0.25, 0.3) is 5.91 Å². The molecule has 0 aliphatic carbocycles. The fourth-order valence-electron chi connectivity index (χ4n) is 1.96. The number of carbonyl (C=O) groups is 1. The second-order valence-electron chi connectivity index (χ2n) is 4.10. The standard InChI is InChI=1S/C12H14Cl2N2O2/c1-2-8-7-18-6-5-16(8)12(17)11-9(13)3-4-10(14)15-11/h3-4,8H,2,5-7H2,1H3. The van der Waals surface area contributed by atoms with E-state index in [1.165, 1.54) is 0 Å². The Morgan fingerprint density at radius 1 is 1.56 bits per heavy atom. The highest BCUT2D eigenvalue weighted by Gasteiger charge is 2.28. The zero-order valence-corrected chi connectivity index (χ0v) is 11.5. The number of hydrogen-bond donors (Lipinski definition) is 0. The lowest BCUT2D eigenvalue weighted by molar-refractivity contribution is -0.00309. The monoisotopic (exact) mass is 288 g/mol. The predicted molar refractivity (Wildman–Crippen MR) is 70.2 cm³/mol. The summed E-state index contributed by atoms with van der Waals surface area (Å²) in [6.07, 6.45) is 0.837. The Morgan fingerprint density at radius 2 is 2.33 bits per heavy atom. The number of rotatable bonds is 2. The molecule has 0 aromatic carbocycles. The molecule has 0 N–H and O–H groups in total. The molecule has 1 aliphatic rings. The van der Waals surface area contributed by atoms with Gasteiger partial charge in [-0.15, -0.1) is 0 Å². The van der Waals surface area contributed by atoms with E-state index in [0.29, 0.717) is 24.8 Å². The summed E-state index contributed by atoms with van der Waals surface area (Å²) in [7, 11) is 0. The Kier molecular flexibility index (Phi) is 4.43. The largest absolute Gasteiger partial charge is 0.377 e. The van der Waals surface area contributed by atoms with Crippen molar-refractivity contribution in [2.24, 2.45) is 0 Å². The van der Waals surface area contributed by atoms with Crippen molar-refractivity contribution in [3.63, 3.8) is 0 Å². The van der Waals surface area contributed by atoms with Gasteiger partial charge in [-0.3, -0.25) is 4.79 Å². The highest BCUT2D eigenvalue weighted by atomic mass is 35.5. The minimum atomic E-state index is -0.183. The molecular formula is C12H14Cl2N2O2. The van der Waals surface area contributed by atoms with Crippen LogP contribution in [0.3, 0.4) is 0 Å². The highest BCUT2D eigenvalue weighted by Crippen LogP contribution is 2.21. The number of amides is 1. The Morgan fingerprint density at radius 3 is 3.06 bits per heavy atom. The van der Waals surface area contributed by atoms with Crippen LogP contribution >= 0.6 is 23.2 Å². The Labute approximate surface area is 116 Å².